The molecular formula is C29H28N2O8S2. The summed E-state index contributed by atoms with van der Waals surface area (Å²) in [5.74, 6) is -4.22. The average Bonchev–Trinajstić information content (AvgIpc) is 3.11. The molecule has 2 aromatic carbocycles. The van der Waals surface area contributed by atoms with Crippen molar-refractivity contribution in [3.63, 3.8) is 0 Å². The predicted octanol–water partition coefficient (Wildman–Crippen LogP) is 5.57. The maximum atomic E-state index is 13.1. The lowest BCUT2D eigenvalue weighted by atomic mass is 10.0. The van der Waals surface area contributed by atoms with E-state index in [1.54, 1.807) is 31.2 Å². The minimum Gasteiger partial charge on any atom is -0.478 e. The van der Waals surface area contributed by atoms with Gasteiger partial charge in [-0.3, -0.25) is 9.59 Å². The maximum absolute atomic E-state index is 13.1. The number of hydrogen-bond acceptors (Lipinski definition) is 8. The third kappa shape index (κ3) is 6.95. The fourth-order valence-corrected chi connectivity index (χ4v) is 6.72. The van der Waals surface area contributed by atoms with Gasteiger partial charge in [-0.25, -0.2) is 14.4 Å². The highest BCUT2D eigenvalue weighted by atomic mass is 32.2. The number of amides is 2. The Kier molecular flexibility index (Phi) is 9.46. The molecule has 0 aliphatic heterocycles. The molecule has 12 heteroatoms. The minimum atomic E-state index is -1.43. The van der Waals surface area contributed by atoms with Gasteiger partial charge in [0.15, 0.2) is 0 Å². The SMILES string of the molecule is COC(=O)c1c(NC(=O)C(C)Sc2cccc(NC(=O)c3ccc(C(=O)O)cc3C(=O)O)c2)sc2c1CCCCC2. The zero-order valence-corrected chi connectivity index (χ0v) is 23.9. The number of esters is 1. The molecule has 3 aromatic rings. The fourth-order valence-electron chi connectivity index (χ4n) is 4.52. The number of thiophene rings is 1. The number of carbonyl (C=O) groups is 5. The lowest BCUT2D eigenvalue weighted by molar-refractivity contribution is -0.115. The second-order valence-corrected chi connectivity index (χ2v) is 11.9. The molecule has 1 aliphatic carbocycles. The number of anilines is 2. The van der Waals surface area contributed by atoms with Crippen molar-refractivity contribution in [1.29, 1.82) is 0 Å². The number of nitrogens with one attached hydrogen (secondary N) is 2. The van der Waals surface area contributed by atoms with E-state index in [0.717, 1.165) is 60.7 Å². The first-order valence-corrected chi connectivity index (χ1v) is 14.5. The third-order valence-corrected chi connectivity index (χ3v) is 8.86. The van der Waals surface area contributed by atoms with E-state index in [1.807, 2.05) is 0 Å². The van der Waals surface area contributed by atoms with E-state index in [-0.39, 0.29) is 17.0 Å². The molecule has 0 fully saturated rings. The Morgan fingerprint density at radius 1 is 0.927 bits per heavy atom. The van der Waals surface area contributed by atoms with Crippen molar-refractivity contribution in [1.82, 2.24) is 0 Å². The van der Waals surface area contributed by atoms with Gasteiger partial charge in [0.25, 0.3) is 5.91 Å². The van der Waals surface area contributed by atoms with Crippen molar-refractivity contribution < 1.29 is 38.9 Å². The van der Waals surface area contributed by atoms with Crippen molar-refractivity contribution in [2.45, 2.75) is 49.2 Å². The Hall–Kier alpha value is -4.16. The van der Waals surface area contributed by atoms with Gasteiger partial charge in [0.05, 0.1) is 34.6 Å². The van der Waals surface area contributed by atoms with E-state index in [0.29, 0.717) is 21.1 Å². The lowest BCUT2D eigenvalue weighted by Crippen LogP contribution is -2.23. The van der Waals surface area contributed by atoms with E-state index >= 15 is 0 Å². The van der Waals surface area contributed by atoms with Gasteiger partial charge < -0.3 is 25.6 Å². The highest BCUT2D eigenvalue weighted by Gasteiger charge is 2.27. The van der Waals surface area contributed by atoms with Gasteiger partial charge in [0.2, 0.25) is 5.91 Å². The maximum Gasteiger partial charge on any atom is 0.341 e. The Labute approximate surface area is 244 Å². The predicted molar refractivity (Wildman–Crippen MR) is 156 cm³/mol. The molecule has 1 aliphatic rings. The number of ether oxygens (including phenoxy) is 1. The van der Waals surface area contributed by atoms with Crippen LogP contribution in [0, 0.1) is 0 Å². The molecule has 0 radical (unpaired) electrons. The summed E-state index contributed by atoms with van der Waals surface area (Å²) >= 11 is 2.66. The van der Waals surface area contributed by atoms with Gasteiger partial charge in [-0.15, -0.1) is 23.1 Å². The number of fused-ring (bicyclic) bond motifs is 1. The molecule has 1 unspecified atom stereocenters. The summed E-state index contributed by atoms with van der Waals surface area (Å²) in [6, 6.07) is 9.95. The Balaban J connectivity index is 1.47. The van der Waals surface area contributed by atoms with Crippen LogP contribution in [-0.4, -0.2) is 52.3 Å². The van der Waals surface area contributed by atoms with Gasteiger partial charge in [-0.05, 0) is 74.6 Å². The lowest BCUT2D eigenvalue weighted by Gasteiger charge is -2.14. The minimum absolute atomic E-state index is 0.191. The molecule has 2 amide bonds. The highest BCUT2D eigenvalue weighted by Crippen LogP contribution is 2.38. The molecular weight excluding hydrogens is 568 g/mol. The molecule has 4 N–H and O–H groups in total. The van der Waals surface area contributed by atoms with Crippen molar-refractivity contribution in [2.75, 3.05) is 17.7 Å². The molecule has 1 aromatic heterocycles. The molecule has 41 heavy (non-hydrogen) atoms. The number of aromatic carboxylic acids is 2. The van der Waals surface area contributed by atoms with Crippen LogP contribution >= 0.6 is 23.1 Å². The van der Waals surface area contributed by atoms with Gasteiger partial charge in [-0.2, -0.15) is 0 Å². The topological polar surface area (TPSA) is 159 Å². The summed E-state index contributed by atoms with van der Waals surface area (Å²) < 4.78 is 5.01. The highest BCUT2D eigenvalue weighted by molar-refractivity contribution is 8.00. The van der Waals surface area contributed by atoms with Gasteiger partial charge in [0.1, 0.15) is 5.00 Å². The number of rotatable bonds is 9. The summed E-state index contributed by atoms with van der Waals surface area (Å²) in [5, 5.41) is 24.1. The first-order valence-electron chi connectivity index (χ1n) is 12.8. The first-order chi connectivity index (χ1) is 19.6. The monoisotopic (exact) mass is 596 g/mol. The van der Waals surface area contributed by atoms with Gasteiger partial charge in [0, 0.05) is 15.5 Å². The van der Waals surface area contributed by atoms with Crippen LogP contribution in [0.1, 0.15) is 78.1 Å². The van der Waals surface area contributed by atoms with Crippen LogP contribution in [0.15, 0.2) is 47.4 Å². The number of carboxylic acids is 2. The molecule has 0 spiro atoms. The number of carboxylic acid groups (broad SMARTS) is 2. The van der Waals surface area contributed by atoms with Crippen LogP contribution in [0.4, 0.5) is 10.7 Å². The van der Waals surface area contributed by atoms with Gasteiger partial charge in [-0.1, -0.05) is 12.5 Å². The first kappa shape index (κ1) is 29.8. The molecule has 1 atom stereocenters. The summed E-state index contributed by atoms with van der Waals surface area (Å²) in [5.41, 5.74) is 0.881. The zero-order valence-electron chi connectivity index (χ0n) is 22.3. The van der Waals surface area contributed by atoms with Crippen LogP contribution in [-0.2, 0) is 22.4 Å². The fraction of sp³-hybridized carbons (Fsp3) is 0.276. The van der Waals surface area contributed by atoms with E-state index in [4.69, 9.17) is 9.84 Å². The molecule has 0 saturated carbocycles. The van der Waals surface area contributed by atoms with Crippen LogP contribution in [0.2, 0.25) is 0 Å². The Morgan fingerprint density at radius 2 is 1.68 bits per heavy atom. The van der Waals surface area contributed by atoms with Crippen LogP contribution < -0.4 is 10.6 Å². The van der Waals surface area contributed by atoms with Crippen LogP contribution in [0.25, 0.3) is 0 Å². The molecule has 10 nitrogen and oxygen atoms in total. The van der Waals surface area contributed by atoms with Crippen molar-refractivity contribution in [2.24, 2.45) is 0 Å². The Bertz CT molecular complexity index is 1530. The zero-order chi connectivity index (χ0) is 29.7. The summed E-state index contributed by atoms with van der Waals surface area (Å²) in [6.45, 7) is 1.73. The molecule has 0 bridgehead atoms. The number of methoxy groups -OCH3 is 1. The Morgan fingerprint density at radius 3 is 2.39 bits per heavy atom. The van der Waals surface area contributed by atoms with E-state index < -0.39 is 34.6 Å². The normalized spacial score (nSPS) is 13.3. The molecule has 1 heterocycles. The molecule has 0 saturated heterocycles. The van der Waals surface area contributed by atoms with Crippen molar-refractivity contribution in [3.8, 4) is 0 Å². The standard InChI is InChI=1S/C29H28N2O8S2/c1-15(24(32)31-26-23(29(38)39-2)20-9-4-3-5-10-22(20)41-26)40-18-8-6-7-17(14-18)30-25(33)19-12-11-16(27(34)35)13-21(19)28(36)37/h6-8,11-15H,3-5,9-10H2,1-2H3,(H,30,33)(H,31,32)(H,34,35)(H,36,37). The summed E-state index contributed by atoms with van der Waals surface area (Å²) in [6.07, 6.45) is 4.74. The van der Waals surface area contributed by atoms with Crippen LogP contribution in [0.5, 0.6) is 0 Å². The number of aryl methyl sites for hydroxylation is 1. The third-order valence-electron chi connectivity index (χ3n) is 6.56. The van der Waals surface area contributed by atoms with Crippen molar-refractivity contribution >= 4 is 63.5 Å². The van der Waals surface area contributed by atoms with E-state index in [2.05, 4.69) is 10.6 Å². The van der Waals surface area contributed by atoms with E-state index in [1.165, 1.54) is 30.2 Å². The summed E-state index contributed by atoms with van der Waals surface area (Å²) in [7, 11) is 1.33. The number of carbonyl (C=O) groups excluding carboxylic acids is 3. The summed E-state index contributed by atoms with van der Waals surface area (Å²) in [4.78, 5) is 63.2. The van der Waals surface area contributed by atoms with Gasteiger partial charge >= 0.3 is 17.9 Å². The second kappa shape index (κ2) is 13.0. The van der Waals surface area contributed by atoms with E-state index in [9.17, 15) is 29.1 Å². The molecule has 4 rings (SSSR count). The number of thioether (sulfide) groups is 1. The second-order valence-electron chi connectivity index (χ2n) is 9.36. The number of benzene rings is 2. The smallest absolute Gasteiger partial charge is 0.341 e. The van der Waals surface area contributed by atoms with Crippen molar-refractivity contribution in [3.05, 3.63) is 75.2 Å². The average molecular weight is 597 g/mol. The number of hydrogen-bond donors (Lipinski definition) is 4. The quantitative estimate of drug-likeness (QED) is 0.141. The molecule has 214 valence electrons. The largest absolute Gasteiger partial charge is 0.478 e. The van der Waals surface area contributed by atoms with Crippen LogP contribution in [0.3, 0.4) is 0 Å².